The van der Waals surface area contributed by atoms with Crippen LogP contribution in [0.3, 0.4) is 0 Å². The molecule has 1 fully saturated rings. The molecule has 3 aromatic heterocycles. The van der Waals surface area contributed by atoms with Gasteiger partial charge in [-0.15, -0.1) is 5.10 Å². The van der Waals surface area contributed by atoms with Gasteiger partial charge in [-0.05, 0) is 37.6 Å². The molecule has 6 nitrogen and oxygen atoms in total. The first-order valence-electron chi connectivity index (χ1n) is 10.0. The van der Waals surface area contributed by atoms with E-state index in [1.807, 2.05) is 22.8 Å². The molecule has 0 unspecified atom stereocenters. The smallest absolute Gasteiger partial charge is 0.162 e. The van der Waals surface area contributed by atoms with Crippen molar-refractivity contribution in [2.24, 2.45) is 0 Å². The molecule has 4 aromatic rings. The third-order valence-corrected chi connectivity index (χ3v) is 5.40. The third-order valence-electron chi connectivity index (χ3n) is 5.40. The van der Waals surface area contributed by atoms with E-state index in [4.69, 9.17) is 10.1 Å². The molecule has 1 N–H and O–H groups in total. The predicted molar refractivity (Wildman–Crippen MR) is 116 cm³/mol. The minimum absolute atomic E-state index is 0.876. The summed E-state index contributed by atoms with van der Waals surface area (Å²) in [5.74, 6) is 0.987. The topological polar surface area (TPSA) is 58.4 Å². The van der Waals surface area contributed by atoms with Crippen molar-refractivity contribution in [3.05, 3.63) is 66.1 Å². The molecule has 1 aliphatic heterocycles. The number of imidazole rings is 1. The molecule has 0 amide bonds. The lowest BCUT2D eigenvalue weighted by Crippen LogP contribution is -2.44. The van der Waals surface area contributed by atoms with Crippen molar-refractivity contribution in [1.82, 2.24) is 24.9 Å². The molecule has 0 radical (unpaired) electrons. The Balaban J connectivity index is 1.75. The molecule has 0 saturated carbocycles. The second-order valence-corrected chi connectivity index (χ2v) is 7.64. The number of hydrogen-bond donors (Lipinski definition) is 1. The van der Waals surface area contributed by atoms with E-state index < -0.39 is 0 Å². The summed E-state index contributed by atoms with van der Waals surface area (Å²) in [4.78, 5) is 11.3. The zero-order chi connectivity index (χ0) is 19.8. The molecule has 0 aliphatic carbocycles. The summed E-state index contributed by atoms with van der Waals surface area (Å²) in [5.41, 5.74) is 7.70. The number of aromatic nitrogens is 4. The molecular formula is C23H24N6. The van der Waals surface area contributed by atoms with E-state index in [-0.39, 0.29) is 0 Å². The summed E-state index contributed by atoms with van der Waals surface area (Å²) >= 11 is 0. The van der Waals surface area contributed by atoms with Gasteiger partial charge in [-0.2, -0.15) is 0 Å². The van der Waals surface area contributed by atoms with E-state index in [0.717, 1.165) is 54.5 Å². The number of nitrogens with zero attached hydrogens (tertiary/aromatic N) is 5. The number of anilines is 1. The molecule has 1 saturated heterocycles. The van der Waals surface area contributed by atoms with Gasteiger partial charge in [0.15, 0.2) is 5.65 Å². The Kier molecular flexibility index (Phi) is 4.48. The van der Waals surface area contributed by atoms with Crippen molar-refractivity contribution in [2.75, 3.05) is 31.1 Å². The number of rotatable bonds is 3. The zero-order valence-electron chi connectivity index (χ0n) is 16.8. The Bertz CT molecular complexity index is 1140. The zero-order valence-corrected chi connectivity index (χ0v) is 16.8. The van der Waals surface area contributed by atoms with Crippen LogP contribution in [0, 0.1) is 13.8 Å². The van der Waals surface area contributed by atoms with Crippen molar-refractivity contribution in [3.63, 3.8) is 0 Å². The molecule has 0 spiro atoms. The molecule has 4 heterocycles. The highest BCUT2D eigenvalue weighted by atomic mass is 15.3. The molecule has 146 valence electrons. The van der Waals surface area contributed by atoms with E-state index in [0.29, 0.717) is 0 Å². The highest BCUT2D eigenvalue weighted by Crippen LogP contribution is 2.31. The predicted octanol–water partition coefficient (Wildman–Crippen LogP) is 3.48. The first kappa shape index (κ1) is 17.8. The summed E-state index contributed by atoms with van der Waals surface area (Å²) in [6.45, 7) is 8.12. The molecule has 5 rings (SSSR count). The standard InChI is InChI=1S/C23H24N6/c1-16-11-17(2)13-19(12-16)20-14-22(28-9-7-25-8-10-28)27-29-21(15-26-23(20)29)18-3-5-24-6-4-18/h3-6,11-15,25H,7-10H2,1-2H3. The van der Waals surface area contributed by atoms with Gasteiger partial charge in [0.2, 0.25) is 0 Å². The van der Waals surface area contributed by atoms with Crippen LogP contribution < -0.4 is 10.2 Å². The van der Waals surface area contributed by atoms with Gasteiger partial charge < -0.3 is 10.2 Å². The van der Waals surface area contributed by atoms with Crippen LogP contribution in [0.1, 0.15) is 11.1 Å². The highest BCUT2D eigenvalue weighted by Gasteiger charge is 2.19. The molecule has 1 aromatic carbocycles. The lowest BCUT2D eigenvalue weighted by atomic mass is 10.0. The van der Waals surface area contributed by atoms with Crippen LogP contribution in [0.5, 0.6) is 0 Å². The monoisotopic (exact) mass is 384 g/mol. The van der Waals surface area contributed by atoms with Crippen molar-refractivity contribution >= 4 is 11.5 Å². The van der Waals surface area contributed by atoms with Gasteiger partial charge in [-0.1, -0.05) is 29.3 Å². The molecule has 0 atom stereocenters. The van der Waals surface area contributed by atoms with Gasteiger partial charge in [-0.25, -0.2) is 9.50 Å². The number of pyridine rings is 1. The van der Waals surface area contributed by atoms with E-state index in [1.54, 1.807) is 12.4 Å². The average molecular weight is 384 g/mol. The number of fused-ring (bicyclic) bond motifs is 1. The molecular weight excluding hydrogens is 360 g/mol. The Hall–Kier alpha value is -3.25. The maximum Gasteiger partial charge on any atom is 0.162 e. The summed E-state index contributed by atoms with van der Waals surface area (Å²) in [6, 6.07) is 12.8. The van der Waals surface area contributed by atoms with E-state index in [1.165, 1.54) is 16.7 Å². The Morgan fingerprint density at radius 3 is 2.34 bits per heavy atom. The molecule has 1 aliphatic rings. The first-order chi connectivity index (χ1) is 14.2. The minimum atomic E-state index is 0.876. The van der Waals surface area contributed by atoms with Crippen LogP contribution in [0.25, 0.3) is 28.0 Å². The van der Waals surface area contributed by atoms with Gasteiger partial charge in [0.05, 0.1) is 11.9 Å². The quantitative estimate of drug-likeness (QED) is 0.586. The highest BCUT2D eigenvalue weighted by molar-refractivity contribution is 5.82. The largest absolute Gasteiger partial charge is 0.353 e. The van der Waals surface area contributed by atoms with Crippen LogP contribution in [0.2, 0.25) is 0 Å². The third kappa shape index (κ3) is 3.36. The lowest BCUT2D eigenvalue weighted by molar-refractivity contribution is 0.582. The van der Waals surface area contributed by atoms with Crippen molar-refractivity contribution in [1.29, 1.82) is 0 Å². The van der Waals surface area contributed by atoms with Gasteiger partial charge in [0.25, 0.3) is 0 Å². The number of nitrogens with one attached hydrogen (secondary N) is 1. The summed E-state index contributed by atoms with van der Waals surface area (Å²) in [6.07, 6.45) is 5.52. The molecule has 29 heavy (non-hydrogen) atoms. The SMILES string of the molecule is Cc1cc(C)cc(-c2cc(N3CCNCC3)nn3c(-c4ccncc4)cnc23)c1. The average Bonchev–Trinajstić information content (AvgIpc) is 3.17. The Morgan fingerprint density at radius 2 is 1.62 bits per heavy atom. The van der Waals surface area contributed by atoms with Crippen LogP contribution in [-0.2, 0) is 0 Å². The maximum absolute atomic E-state index is 5.00. The van der Waals surface area contributed by atoms with Crippen molar-refractivity contribution in [3.8, 4) is 22.4 Å². The van der Waals surface area contributed by atoms with Gasteiger partial charge >= 0.3 is 0 Å². The lowest BCUT2D eigenvalue weighted by Gasteiger charge is -2.28. The minimum Gasteiger partial charge on any atom is -0.353 e. The van der Waals surface area contributed by atoms with Gasteiger partial charge in [0, 0.05) is 49.7 Å². The number of piperazine rings is 1. The van der Waals surface area contributed by atoms with Crippen LogP contribution in [0.15, 0.2) is 55.0 Å². The Morgan fingerprint density at radius 1 is 0.897 bits per heavy atom. The summed E-state index contributed by atoms with van der Waals surface area (Å²) in [5, 5.41) is 8.42. The number of benzene rings is 1. The normalized spacial score (nSPS) is 14.5. The summed E-state index contributed by atoms with van der Waals surface area (Å²) in [7, 11) is 0. The first-order valence-corrected chi connectivity index (χ1v) is 10.0. The van der Waals surface area contributed by atoms with Crippen LogP contribution in [-0.4, -0.2) is 45.8 Å². The van der Waals surface area contributed by atoms with Gasteiger partial charge in [-0.3, -0.25) is 4.98 Å². The molecule has 0 bridgehead atoms. The van der Waals surface area contributed by atoms with E-state index in [9.17, 15) is 0 Å². The van der Waals surface area contributed by atoms with Crippen LogP contribution >= 0.6 is 0 Å². The summed E-state index contributed by atoms with van der Waals surface area (Å²) < 4.78 is 1.99. The fourth-order valence-electron chi connectivity index (χ4n) is 4.07. The Labute approximate surface area is 170 Å². The van der Waals surface area contributed by atoms with Gasteiger partial charge in [0.1, 0.15) is 5.82 Å². The maximum atomic E-state index is 5.00. The van der Waals surface area contributed by atoms with Crippen molar-refractivity contribution in [2.45, 2.75) is 13.8 Å². The van der Waals surface area contributed by atoms with Crippen LogP contribution in [0.4, 0.5) is 5.82 Å². The number of hydrogen-bond acceptors (Lipinski definition) is 5. The molecule has 6 heteroatoms. The fourth-order valence-corrected chi connectivity index (χ4v) is 4.07. The second kappa shape index (κ2) is 7.29. The van der Waals surface area contributed by atoms with E-state index in [2.05, 4.69) is 53.3 Å². The van der Waals surface area contributed by atoms with Crippen molar-refractivity contribution < 1.29 is 0 Å². The fraction of sp³-hybridized carbons (Fsp3) is 0.261. The van der Waals surface area contributed by atoms with E-state index >= 15 is 0 Å². The second-order valence-electron chi connectivity index (χ2n) is 7.64. The number of aryl methyl sites for hydroxylation is 2.